The summed E-state index contributed by atoms with van der Waals surface area (Å²) >= 11 is 0. The normalized spacial score (nSPS) is 29.6. The molecule has 17 heavy (non-hydrogen) atoms. The number of likely N-dealkylation sites (tertiary alicyclic amines) is 1. The summed E-state index contributed by atoms with van der Waals surface area (Å²) in [6.07, 6.45) is -1.36. The summed E-state index contributed by atoms with van der Waals surface area (Å²) in [4.78, 5) is 23.9. The lowest BCUT2D eigenvalue weighted by Gasteiger charge is -2.29. The van der Waals surface area contributed by atoms with Crippen molar-refractivity contribution < 1.29 is 24.5 Å². The Kier molecular flexibility index (Phi) is 4.34. The standard InChI is InChI=1S/C11H19NO5/c1-3-17-9(14)11(2)5-7-12(10(15)16)6-4-8(11)13/h8,13H,3-7H2,1-2H3,(H,15,16). The smallest absolute Gasteiger partial charge is 0.407 e. The Morgan fingerprint density at radius 1 is 1.47 bits per heavy atom. The van der Waals surface area contributed by atoms with Crippen molar-refractivity contribution in [1.29, 1.82) is 0 Å². The number of carbonyl (C=O) groups is 2. The van der Waals surface area contributed by atoms with E-state index in [9.17, 15) is 14.7 Å². The maximum Gasteiger partial charge on any atom is 0.407 e. The minimum absolute atomic E-state index is 0.238. The fourth-order valence-corrected chi connectivity index (χ4v) is 1.97. The highest BCUT2D eigenvalue weighted by Crippen LogP contribution is 2.32. The number of amides is 1. The topological polar surface area (TPSA) is 87.1 Å². The summed E-state index contributed by atoms with van der Waals surface area (Å²) in [5, 5.41) is 18.9. The largest absolute Gasteiger partial charge is 0.465 e. The van der Waals surface area contributed by atoms with Gasteiger partial charge in [-0.05, 0) is 26.7 Å². The van der Waals surface area contributed by atoms with Crippen molar-refractivity contribution in [2.75, 3.05) is 19.7 Å². The molecule has 0 radical (unpaired) electrons. The molecule has 1 aliphatic heterocycles. The summed E-state index contributed by atoms with van der Waals surface area (Å²) < 4.78 is 4.94. The van der Waals surface area contributed by atoms with Gasteiger partial charge >= 0.3 is 12.1 Å². The van der Waals surface area contributed by atoms with Crippen LogP contribution in [0.5, 0.6) is 0 Å². The molecule has 1 heterocycles. The number of carboxylic acid groups (broad SMARTS) is 1. The Morgan fingerprint density at radius 2 is 2.12 bits per heavy atom. The van der Waals surface area contributed by atoms with Crippen LogP contribution in [-0.4, -0.2) is 53.0 Å². The molecule has 2 atom stereocenters. The monoisotopic (exact) mass is 245 g/mol. The van der Waals surface area contributed by atoms with Crippen LogP contribution in [0.1, 0.15) is 26.7 Å². The van der Waals surface area contributed by atoms with Crippen LogP contribution < -0.4 is 0 Å². The number of rotatable bonds is 2. The molecule has 6 heteroatoms. The van der Waals surface area contributed by atoms with Gasteiger partial charge in [-0.15, -0.1) is 0 Å². The summed E-state index contributed by atoms with van der Waals surface area (Å²) in [7, 11) is 0. The zero-order chi connectivity index (χ0) is 13.1. The number of nitrogens with zero attached hydrogens (tertiary/aromatic N) is 1. The quantitative estimate of drug-likeness (QED) is 0.699. The predicted molar refractivity (Wildman–Crippen MR) is 59.6 cm³/mol. The van der Waals surface area contributed by atoms with Crippen molar-refractivity contribution >= 4 is 12.1 Å². The number of esters is 1. The lowest BCUT2D eigenvalue weighted by molar-refractivity contribution is -0.161. The Morgan fingerprint density at radius 3 is 2.65 bits per heavy atom. The lowest BCUT2D eigenvalue weighted by Crippen LogP contribution is -2.41. The third-order valence-electron chi connectivity index (χ3n) is 3.32. The molecule has 1 rings (SSSR count). The van der Waals surface area contributed by atoms with Crippen LogP contribution in [0.2, 0.25) is 0 Å². The van der Waals surface area contributed by atoms with Crippen LogP contribution in [0.4, 0.5) is 4.79 Å². The van der Waals surface area contributed by atoms with Crippen LogP contribution in [-0.2, 0) is 9.53 Å². The minimum Gasteiger partial charge on any atom is -0.465 e. The van der Waals surface area contributed by atoms with E-state index in [2.05, 4.69) is 0 Å². The van der Waals surface area contributed by atoms with Crippen LogP contribution in [0.25, 0.3) is 0 Å². The van der Waals surface area contributed by atoms with E-state index in [4.69, 9.17) is 9.84 Å². The zero-order valence-corrected chi connectivity index (χ0v) is 10.2. The lowest BCUT2D eigenvalue weighted by atomic mass is 9.80. The molecule has 1 saturated heterocycles. The van der Waals surface area contributed by atoms with E-state index < -0.39 is 23.6 Å². The number of hydrogen-bond donors (Lipinski definition) is 2. The van der Waals surface area contributed by atoms with Crippen molar-refractivity contribution in [1.82, 2.24) is 4.90 Å². The van der Waals surface area contributed by atoms with Gasteiger partial charge in [-0.3, -0.25) is 4.79 Å². The molecule has 0 saturated carbocycles. The second kappa shape index (κ2) is 5.35. The van der Waals surface area contributed by atoms with Gasteiger partial charge in [0.15, 0.2) is 0 Å². The molecular formula is C11H19NO5. The van der Waals surface area contributed by atoms with Crippen LogP contribution in [0, 0.1) is 5.41 Å². The predicted octanol–water partition coefficient (Wildman–Crippen LogP) is 0.691. The van der Waals surface area contributed by atoms with Crippen molar-refractivity contribution in [3.05, 3.63) is 0 Å². The van der Waals surface area contributed by atoms with Gasteiger partial charge in [-0.2, -0.15) is 0 Å². The van der Waals surface area contributed by atoms with Crippen molar-refractivity contribution in [3.8, 4) is 0 Å². The number of aliphatic hydroxyl groups is 1. The van der Waals surface area contributed by atoms with Crippen molar-refractivity contribution in [2.24, 2.45) is 5.41 Å². The van der Waals surface area contributed by atoms with E-state index in [-0.39, 0.29) is 32.5 Å². The number of carbonyl (C=O) groups excluding carboxylic acids is 1. The molecule has 98 valence electrons. The summed E-state index contributed by atoms with van der Waals surface area (Å²) in [5.74, 6) is -0.459. The zero-order valence-electron chi connectivity index (χ0n) is 10.2. The first kappa shape index (κ1) is 13.8. The average molecular weight is 245 g/mol. The van der Waals surface area contributed by atoms with E-state index in [0.29, 0.717) is 0 Å². The third kappa shape index (κ3) is 2.88. The van der Waals surface area contributed by atoms with E-state index in [0.717, 1.165) is 0 Å². The van der Waals surface area contributed by atoms with Gasteiger partial charge in [-0.25, -0.2) is 4.79 Å². The molecule has 0 aromatic heterocycles. The molecule has 0 aromatic rings. The van der Waals surface area contributed by atoms with Gasteiger partial charge in [0, 0.05) is 13.1 Å². The van der Waals surface area contributed by atoms with Crippen LogP contribution in [0.15, 0.2) is 0 Å². The molecule has 1 amide bonds. The first-order valence-corrected chi connectivity index (χ1v) is 5.75. The molecule has 1 fully saturated rings. The van der Waals surface area contributed by atoms with E-state index in [1.165, 1.54) is 4.90 Å². The van der Waals surface area contributed by atoms with Gasteiger partial charge in [0.1, 0.15) is 0 Å². The fourth-order valence-electron chi connectivity index (χ4n) is 1.97. The summed E-state index contributed by atoms with van der Waals surface area (Å²) in [6.45, 7) is 4.06. The molecule has 2 N–H and O–H groups in total. The van der Waals surface area contributed by atoms with Gasteiger partial charge in [-0.1, -0.05) is 0 Å². The molecule has 0 aromatic carbocycles. The minimum atomic E-state index is -1.02. The SMILES string of the molecule is CCOC(=O)C1(C)CCN(C(=O)O)CCC1O. The molecule has 0 bridgehead atoms. The van der Waals surface area contributed by atoms with Crippen molar-refractivity contribution in [3.63, 3.8) is 0 Å². The van der Waals surface area contributed by atoms with E-state index in [1.807, 2.05) is 0 Å². The van der Waals surface area contributed by atoms with Gasteiger partial charge in [0.2, 0.25) is 0 Å². The Bertz CT molecular complexity index is 306. The first-order valence-electron chi connectivity index (χ1n) is 5.75. The number of hydrogen-bond acceptors (Lipinski definition) is 4. The first-order chi connectivity index (χ1) is 7.91. The Balaban J connectivity index is 2.79. The van der Waals surface area contributed by atoms with Crippen molar-refractivity contribution in [2.45, 2.75) is 32.8 Å². The third-order valence-corrected chi connectivity index (χ3v) is 3.32. The maximum absolute atomic E-state index is 11.8. The number of ether oxygens (including phenoxy) is 1. The van der Waals surface area contributed by atoms with E-state index >= 15 is 0 Å². The van der Waals surface area contributed by atoms with Gasteiger partial charge in [0.25, 0.3) is 0 Å². The van der Waals surface area contributed by atoms with Gasteiger partial charge in [0.05, 0.1) is 18.1 Å². The summed E-state index contributed by atoms with van der Waals surface area (Å²) in [5.41, 5.74) is -1.01. The maximum atomic E-state index is 11.8. The molecular weight excluding hydrogens is 226 g/mol. The Hall–Kier alpha value is -1.30. The molecule has 0 spiro atoms. The highest BCUT2D eigenvalue weighted by Gasteiger charge is 2.44. The highest BCUT2D eigenvalue weighted by atomic mass is 16.5. The van der Waals surface area contributed by atoms with Crippen LogP contribution in [0.3, 0.4) is 0 Å². The second-order valence-electron chi connectivity index (χ2n) is 4.46. The Labute approximate surface area is 100 Å². The fraction of sp³-hybridized carbons (Fsp3) is 0.818. The molecule has 2 unspecified atom stereocenters. The average Bonchev–Trinajstić information content (AvgIpc) is 2.41. The van der Waals surface area contributed by atoms with Gasteiger partial charge < -0.3 is 19.8 Å². The molecule has 1 aliphatic rings. The summed E-state index contributed by atoms with van der Waals surface area (Å²) in [6, 6.07) is 0. The number of aliphatic hydroxyl groups excluding tert-OH is 1. The van der Waals surface area contributed by atoms with Crippen LogP contribution >= 0.6 is 0 Å². The molecule has 0 aliphatic carbocycles. The highest BCUT2D eigenvalue weighted by molar-refractivity contribution is 5.77. The second-order valence-corrected chi connectivity index (χ2v) is 4.46. The van der Waals surface area contributed by atoms with E-state index in [1.54, 1.807) is 13.8 Å². The molecule has 6 nitrogen and oxygen atoms in total.